The molecule has 4 nitrogen and oxygen atoms in total. The lowest BCUT2D eigenvalue weighted by Crippen LogP contribution is -2.32. The maximum absolute atomic E-state index is 12.3. The van der Waals surface area contributed by atoms with Crippen molar-refractivity contribution in [1.82, 2.24) is 9.88 Å². The third-order valence-corrected chi connectivity index (χ3v) is 4.95. The topological polar surface area (TPSA) is 57.8 Å². The quantitative estimate of drug-likeness (QED) is 0.603. The van der Waals surface area contributed by atoms with Crippen molar-refractivity contribution in [3.63, 3.8) is 0 Å². The molecule has 0 radical (unpaired) electrons. The van der Waals surface area contributed by atoms with Crippen LogP contribution in [-0.4, -0.2) is 16.5 Å². The van der Waals surface area contributed by atoms with Crippen LogP contribution in [0.15, 0.2) is 29.8 Å². The van der Waals surface area contributed by atoms with Gasteiger partial charge in [0.2, 0.25) is 0 Å². The number of amides is 1. The summed E-state index contributed by atoms with van der Waals surface area (Å²) in [6.45, 7) is 9.82. The number of carbonyl (C=O) groups is 1. The van der Waals surface area contributed by atoms with E-state index in [0.29, 0.717) is 5.02 Å². The number of nitrogens with zero attached hydrogens (tertiary/aromatic N) is 2. The van der Waals surface area contributed by atoms with Crippen LogP contribution in [0.1, 0.15) is 42.8 Å². The Morgan fingerprint density at radius 3 is 2.62 bits per heavy atom. The number of aromatic nitrogens is 1. The fraction of sp³-hybridized carbons (Fsp3) is 0.333. The largest absolute Gasteiger partial charge is 0.349 e. The fourth-order valence-corrected chi connectivity index (χ4v) is 2.93. The Morgan fingerprint density at radius 2 is 2.04 bits per heavy atom. The van der Waals surface area contributed by atoms with E-state index in [0.717, 1.165) is 34.6 Å². The summed E-state index contributed by atoms with van der Waals surface area (Å²) in [5, 5.41) is 12.9. The smallest absolute Gasteiger partial charge is 0.262 e. The van der Waals surface area contributed by atoms with Gasteiger partial charge in [-0.25, -0.2) is 0 Å². The number of hydrogen-bond acceptors (Lipinski definition) is 2. The van der Waals surface area contributed by atoms with Crippen LogP contribution in [0.4, 0.5) is 0 Å². The Labute approximate surface area is 160 Å². The summed E-state index contributed by atoms with van der Waals surface area (Å²) in [5.41, 5.74) is 4.88. The second kappa shape index (κ2) is 8.25. The van der Waals surface area contributed by atoms with Crippen LogP contribution in [0, 0.1) is 32.1 Å². The molecule has 2 aromatic rings. The standard InChI is InChI=1S/C21H24ClN3O/c1-6-14(3)24-21(26)18(12-23)10-17-9-15(4)25(16(17)5)19-8-7-13(2)20(22)11-19/h7-11,14H,6H2,1-5H3,(H,24,26)/b18-10+/t14-/m1/s1. The van der Waals surface area contributed by atoms with E-state index in [-0.39, 0.29) is 17.5 Å². The van der Waals surface area contributed by atoms with Crippen LogP contribution >= 0.6 is 11.6 Å². The van der Waals surface area contributed by atoms with Crippen molar-refractivity contribution in [1.29, 1.82) is 5.26 Å². The first kappa shape index (κ1) is 19.8. The second-order valence-electron chi connectivity index (χ2n) is 6.55. The van der Waals surface area contributed by atoms with Crippen molar-refractivity contribution >= 4 is 23.6 Å². The minimum absolute atomic E-state index is 0.0291. The Kier molecular flexibility index (Phi) is 6.28. The van der Waals surface area contributed by atoms with Gasteiger partial charge < -0.3 is 9.88 Å². The van der Waals surface area contributed by atoms with Crippen molar-refractivity contribution in [3.8, 4) is 11.8 Å². The molecule has 0 aliphatic carbocycles. The summed E-state index contributed by atoms with van der Waals surface area (Å²) in [7, 11) is 0. The number of rotatable bonds is 5. The van der Waals surface area contributed by atoms with E-state index in [1.54, 1.807) is 6.08 Å². The lowest BCUT2D eigenvalue weighted by Gasteiger charge is -2.11. The van der Waals surface area contributed by atoms with Crippen LogP contribution in [0.25, 0.3) is 11.8 Å². The summed E-state index contributed by atoms with van der Waals surface area (Å²) in [4.78, 5) is 12.3. The highest BCUT2D eigenvalue weighted by Crippen LogP contribution is 2.26. The van der Waals surface area contributed by atoms with Crippen LogP contribution in [-0.2, 0) is 4.79 Å². The van der Waals surface area contributed by atoms with Crippen LogP contribution < -0.4 is 5.32 Å². The summed E-state index contributed by atoms with van der Waals surface area (Å²) < 4.78 is 2.07. The van der Waals surface area contributed by atoms with Gasteiger partial charge in [0.1, 0.15) is 11.6 Å². The molecule has 0 saturated heterocycles. The van der Waals surface area contributed by atoms with E-state index < -0.39 is 0 Å². The molecule has 0 bridgehead atoms. The minimum Gasteiger partial charge on any atom is -0.349 e. The van der Waals surface area contributed by atoms with E-state index >= 15 is 0 Å². The number of nitrogens with one attached hydrogen (secondary N) is 1. The molecular weight excluding hydrogens is 346 g/mol. The van der Waals surface area contributed by atoms with Crippen LogP contribution in [0.3, 0.4) is 0 Å². The van der Waals surface area contributed by atoms with Crippen LogP contribution in [0.5, 0.6) is 0 Å². The average Bonchev–Trinajstić information content (AvgIpc) is 2.88. The van der Waals surface area contributed by atoms with Gasteiger partial charge in [0, 0.05) is 28.1 Å². The van der Waals surface area contributed by atoms with Crippen molar-refractivity contribution in [2.45, 2.75) is 47.1 Å². The van der Waals surface area contributed by atoms with Gasteiger partial charge in [-0.3, -0.25) is 4.79 Å². The Balaban J connectivity index is 2.44. The zero-order valence-corrected chi connectivity index (χ0v) is 16.6. The zero-order chi connectivity index (χ0) is 19.4. The number of hydrogen-bond donors (Lipinski definition) is 1. The average molecular weight is 370 g/mol. The van der Waals surface area contributed by atoms with E-state index in [1.807, 2.05) is 65.0 Å². The van der Waals surface area contributed by atoms with Gasteiger partial charge in [0.15, 0.2) is 0 Å². The van der Waals surface area contributed by atoms with Crippen molar-refractivity contribution in [2.75, 3.05) is 0 Å². The van der Waals surface area contributed by atoms with Gasteiger partial charge in [0.05, 0.1) is 0 Å². The summed E-state index contributed by atoms with van der Waals surface area (Å²) in [6, 6.07) is 9.92. The molecule has 0 unspecified atom stereocenters. The number of nitriles is 1. The Hall–Kier alpha value is -2.51. The molecular formula is C21H24ClN3O. The molecule has 1 heterocycles. The molecule has 1 aromatic heterocycles. The molecule has 1 N–H and O–H groups in total. The summed E-state index contributed by atoms with van der Waals surface area (Å²) in [5.74, 6) is -0.343. The third kappa shape index (κ3) is 4.17. The number of aryl methyl sites for hydroxylation is 2. The molecule has 1 atom stereocenters. The van der Waals surface area contributed by atoms with Crippen LogP contribution in [0.2, 0.25) is 5.02 Å². The minimum atomic E-state index is -0.343. The van der Waals surface area contributed by atoms with Crippen molar-refractivity contribution in [2.24, 2.45) is 0 Å². The molecule has 0 aliphatic rings. The van der Waals surface area contributed by atoms with Gasteiger partial charge >= 0.3 is 0 Å². The second-order valence-corrected chi connectivity index (χ2v) is 6.96. The van der Waals surface area contributed by atoms with E-state index in [9.17, 15) is 10.1 Å². The fourth-order valence-electron chi connectivity index (χ4n) is 2.76. The zero-order valence-electron chi connectivity index (χ0n) is 15.9. The molecule has 0 fully saturated rings. The normalized spacial score (nSPS) is 12.6. The van der Waals surface area contributed by atoms with Crippen molar-refractivity contribution < 1.29 is 4.79 Å². The molecule has 0 saturated carbocycles. The lowest BCUT2D eigenvalue weighted by molar-refractivity contribution is -0.117. The van der Waals surface area contributed by atoms with Crippen molar-refractivity contribution in [3.05, 3.63) is 57.4 Å². The first-order valence-corrected chi connectivity index (χ1v) is 9.04. The maximum atomic E-state index is 12.3. The summed E-state index contributed by atoms with van der Waals surface area (Å²) in [6.07, 6.45) is 2.46. The highest BCUT2D eigenvalue weighted by atomic mass is 35.5. The molecule has 1 amide bonds. The van der Waals surface area contributed by atoms with Gasteiger partial charge in [-0.05, 0) is 69.5 Å². The molecule has 26 heavy (non-hydrogen) atoms. The predicted octanol–water partition coefficient (Wildman–Crippen LogP) is 4.88. The SMILES string of the molecule is CC[C@@H](C)NC(=O)/C(C#N)=C/c1cc(C)n(-c2ccc(C)c(Cl)c2)c1C. The maximum Gasteiger partial charge on any atom is 0.262 e. The molecule has 0 spiro atoms. The number of halogens is 1. The van der Waals surface area contributed by atoms with E-state index in [1.165, 1.54) is 0 Å². The Morgan fingerprint density at radius 1 is 1.35 bits per heavy atom. The monoisotopic (exact) mass is 369 g/mol. The molecule has 1 aromatic carbocycles. The van der Waals surface area contributed by atoms with Gasteiger partial charge in [-0.2, -0.15) is 5.26 Å². The number of carbonyl (C=O) groups excluding carboxylic acids is 1. The van der Waals surface area contributed by atoms with E-state index in [2.05, 4.69) is 9.88 Å². The predicted molar refractivity (Wildman–Crippen MR) is 106 cm³/mol. The first-order valence-electron chi connectivity index (χ1n) is 8.66. The van der Waals surface area contributed by atoms with Gasteiger partial charge in [-0.1, -0.05) is 24.6 Å². The molecule has 0 aliphatic heterocycles. The van der Waals surface area contributed by atoms with Gasteiger partial charge in [0.25, 0.3) is 5.91 Å². The van der Waals surface area contributed by atoms with Gasteiger partial charge in [-0.15, -0.1) is 0 Å². The highest BCUT2D eigenvalue weighted by molar-refractivity contribution is 6.31. The first-order chi connectivity index (χ1) is 12.3. The highest BCUT2D eigenvalue weighted by Gasteiger charge is 2.15. The molecule has 136 valence electrons. The lowest BCUT2D eigenvalue weighted by atomic mass is 10.1. The Bertz CT molecular complexity index is 903. The van der Waals surface area contributed by atoms with E-state index in [4.69, 9.17) is 11.6 Å². The molecule has 2 rings (SSSR count). The number of benzene rings is 1. The third-order valence-electron chi connectivity index (χ3n) is 4.54. The summed E-state index contributed by atoms with van der Waals surface area (Å²) >= 11 is 6.26. The molecule has 5 heteroatoms.